The number of hydrogen-bond acceptors (Lipinski definition) is 0. The molecule has 7 heavy (non-hydrogen) atoms. The van der Waals surface area contributed by atoms with Crippen LogP contribution < -0.4 is 0 Å². The minimum absolute atomic E-state index is 1.25. The summed E-state index contributed by atoms with van der Waals surface area (Å²) >= 11 is 1.25. The second-order valence-electron chi connectivity index (χ2n) is 1.35. The van der Waals surface area contributed by atoms with Gasteiger partial charge in [-0.05, 0) is 0 Å². The van der Waals surface area contributed by atoms with Crippen molar-refractivity contribution in [3.63, 3.8) is 0 Å². The zero-order valence-electron chi connectivity index (χ0n) is 5.77. The molecular formula is C6H16Fe. The van der Waals surface area contributed by atoms with Crippen molar-refractivity contribution in [3.8, 4) is 0 Å². The van der Waals surface area contributed by atoms with Gasteiger partial charge in [-0.1, -0.05) is 26.7 Å². The molecule has 0 bridgehead atoms. The second-order valence-corrected chi connectivity index (χ2v) is 2.46. The van der Waals surface area contributed by atoms with E-state index < -0.39 is 0 Å². The molecule has 0 aromatic heterocycles. The molecule has 0 spiro atoms. The molecule has 48 valence electrons. The van der Waals surface area contributed by atoms with E-state index in [-0.39, 0.29) is 0 Å². The van der Waals surface area contributed by atoms with Gasteiger partial charge in [0, 0.05) is 0 Å². The molecule has 0 saturated heterocycles. The maximum atomic E-state index is 2.18. The van der Waals surface area contributed by atoms with Gasteiger partial charge in [0.1, 0.15) is 0 Å². The maximum absolute atomic E-state index is 2.18. The summed E-state index contributed by atoms with van der Waals surface area (Å²) in [5, 5.41) is 0. The van der Waals surface area contributed by atoms with E-state index in [0.29, 0.717) is 0 Å². The molecule has 1 heteroatoms. The molecule has 0 radical (unpaired) electrons. The summed E-state index contributed by atoms with van der Waals surface area (Å²) in [4.78, 5) is 0. The first kappa shape index (κ1) is 10.5. The third-order valence-electron chi connectivity index (χ3n) is 0.500. The summed E-state index contributed by atoms with van der Waals surface area (Å²) in [7, 11) is 0. The molecule has 0 saturated carbocycles. The van der Waals surface area contributed by atoms with Crippen molar-refractivity contribution >= 4 is 0 Å². The van der Waals surface area contributed by atoms with E-state index >= 15 is 0 Å². The Labute approximate surface area is 53.9 Å². The van der Waals surface area contributed by atoms with Crippen molar-refractivity contribution in [2.45, 2.75) is 38.3 Å². The first-order valence-corrected chi connectivity index (χ1v) is 4.83. The van der Waals surface area contributed by atoms with Crippen LogP contribution in [0, 0.1) is 0 Å². The fourth-order valence-electron chi connectivity index (χ4n) is 0. The summed E-state index contributed by atoms with van der Waals surface area (Å²) < 4.78 is 0. The van der Waals surface area contributed by atoms with Crippen molar-refractivity contribution in [1.82, 2.24) is 0 Å². The quantitative estimate of drug-likeness (QED) is 0.496. The van der Waals surface area contributed by atoms with E-state index in [2.05, 4.69) is 25.5 Å². The Morgan fingerprint density at radius 1 is 1.00 bits per heavy atom. The van der Waals surface area contributed by atoms with Crippen molar-refractivity contribution in [3.05, 3.63) is 0 Å². The van der Waals surface area contributed by atoms with Gasteiger partial charge < -0.3 is 0 Å². The zero-order chi connectivity index (χ0) is 6.12. The fraction of sp³-hybridized carbons (Fsp3) is 1.00. The van der Waals surface area contributed by atoms with Crippen molar-refractivity contribution in [1.29, 1.82) is 0 Å². The molecule has 0 unspecified atom stereocenters. The molecule has 0 fully saturated rings. The van der Waals surface area contributed by atoms with Crippen LogP contribution in [0.3, 0.4) is 0 Å². The van der Waals surface area contributed by atoms with Gasteiger partial charge in [-0.3, -0.25) is 0 Å². The van der Waals surface area contributed by atoms with Crippen molar-refractivity contribution < 1.29 is 15.0 Å². The molecule has 0 nitrogen and oxygen atoms in total. The Hall–Kier alpha value is 0.519. The molecule has 0 N–H and O–H groups in total. The Bertz CT molecular complexity index is 11.7. The molecule has 0 aliphatic carbocycles. The van der Waals surface area contributed by atoms with Gasteiger partial charge in [0.15, 0.2) is 0 Å². The third-order valence-corrected chi connectivity index (χ3v) is 0.500. The normalized spacial score (nSPS) is 7.43. The Balaban J connectivity index is 0. The molecule has 0 aliphatic rings. The second kappa shape index (κ2) is 16.0. The SMILES string of the molecule is CCCC.[CH3][Fe][CH3]. The van der Waals surface area contributed by atoms with Gasteiger partial charge in [0.2, 0.25) is 0 Å². The van der Waals surface area contributed by atoms with Crippen molar-refractivity contribution in [2.24, 2.45) is 0 Å². The standard InChI is InChI=1S/C4H10.2CH3.Fe/c1-3-4-2;;;/h3-4H2,1-2H3;2*1H3;. The van der Waals surface area contributed by atoms with Crippen LogP contribution in [0.1, 0.15) is 26.7 Å². The van der Waals surface area contributed by atoms with Gasteiger partial charge in [0.25, 0.3) is 0 Å². The summed E-state index contributed by atoms with van der Waals surface area (Å²) in [6, 6.07) is 0. The van der Waals surface area contributed by atoms with E-state index in [1.165, 1.54) is 27.8 Å². The van der Waals surface area contributed by atoms with Crippen LogP contribution in [0.5, 0.6) is 0 Å². The summed E-state index contributed by atoms with van der Waals surface area (Å²) in [5.41, 5.74) is 0. The number of rotatable bonds is 1. The topological polar surface area (TPSA) is 0 Å². The molecule has 0 amide bonds. The molecule has 0 heterocycles. The first-order valence-electron chi connectivity index (χ1n) is 2.62. The van der Waals surface area contributed by atoms with Gasteiger partial charge in [-0.15, -0.1) is 0 Å². The fourth-order valence-corrected chi connectivity index (χ4v) is 0. The van der Waals surface area contributed by atoms with Crippen LogP contribution in [0.25, 0.3) is 0 Å². The van der Waals surface area contributed by atoms with Crippen LogP contribution in [-0.2, 0) is 15.0 Å². The average molecular weight is 144 g/mol. The first-order chi connectivity index (χ1) is 3.33. The van der Waals surface area contributed by atoms with E-state index in [4.69, 9.17) is 0 Å². The molecule has 0 aromatic carbocycles. The van der Waals surface area contributed by atoms with Crippen LogP contribution in [0.15, 0.2) is 0 Å². The Kier molecular flexibility index (Phi) is 24.0. The van der Waals surface area contributed by atoms with Gasteiger partial charge in [-0.25, -0.2) is 0 Å². The average Bonchev–Trinajstić information content (AvgIpc) is 1.69. The zero-order valence-corrected chi connectivity index (χ0v) is 6.87. The van der Waals surface area contributed by atoms with Crippen LogP contribution in [-0.4, -0.2) is 0 Å². The van der Waals surface area contributed by atoms with E-state index in [0.717, 1.165) is 0 Å². The van der Waals surface area contributed by atoms with E-state index in [9.17, 15) is 0 Å². The predicted molar refractivity (Wildman–Crippen MR) is 32.3 cm³/mol. The summed E-state index contributed by atoms with van der Waals surface area (Å²) in [5.74, 6) is 4.25. The van der Waals surface area contributed by atoms with Crippen LogP contribution >= 0.6 is 0 Å². The minimum atomic E-state index is 1.25. The molecule has 0 aliphatic heterocycles. The predicted octanol–water partition coefficient (Wildman–Crippen LogP) is 2.97. The van der Waals surface area contributed by atoms with Gasteiger partial charge in [0.05, 0.1) is 0 Å². The molecule has 0 rings (SSSR count). The van der Waals surface area contributed by atoms with Crippen LogP contribution in [0.2, 0.25) is 11.6 Å². The number of unbranched alkanes of at least 4 members (excludes halogenated alkanes) is 1. The summed E-state index contributed by atoms with van der Waals surface area (Å²) in [6.07, 6.45) is 2.64. The van der Waals surface area contributed by atoms with Gasteiger partial charge >= 0.3 is 26.6 Å². The molecule has 0 atom stereocenters. The van der Waals surface area contributed by atoms with E-state index in [1.807, 2.05) is 0 Å². The van der Waals surface area contributed by atoms with E-state index in [1.54, 1.807) is 0 Å². The molecular weight excluding hydrogens is 128 g/mol. The van der Waals surface area contributed by atoms with Gasteiger partial charge in [-0.2, -0.15) is 0 Å². The summed E-state index contributed by atoms with van der Waals surface area (Å²) in [6.45, 7) is 4.36. The third kappa shape index (κ3) is 57.7. The Morgan fingerprint density at radius 3 is 1.14 bits per heavy atom. The van der Waals surface area contributed by atoms with Crippen molar-refractivity contribution in [2.75, 3.05) is 0 Å². The van der Waals surface area contributed by atoms with Crippen LogP contribution in [0.4, 0.5) is 0 Å². The molecule has 0 aromatic rings. The Morgan fingerprint density at radius 2 is 1.14 bits per heavy atom. The number of hydrogen-bond donors (Lipinski definition) is 0. The monoisotopic (exact) mass is 144 g/mol.